The molecule has 0 bridgehead atoms. The molecule has 2 heterocycles. The number of ether oxygens (including phenoxy) is 1. The fourth-order valence-corrected chi connectivity index (χ4v) is 3.87. The zero-order valence-electron chi connectivity index (χ0n) is 16.3. The fraction of sp³-hybridized carbons (Fsp3) is 0.0870. The summed E-state index contributed by atoms with van der Waals surface area (Å²) < 4.78 is 9.57. The Morgan fingerprint density at radius 2 is 1.60 bits per heavy atom. The van der Waals surface area contributed by atoms with Gasteiger partial charge in [0.05, 0.1) is 19.9 Å². The molecule has 0 saturated heterocycles. The first kappa shape index (κ1) is 18.3. The summed E-state index contributed by atoms with van der Waals surface area (Å²) in [6.07, 6.45) is 1.76. The summed E-state index contributed by atoms with van der Waals surface area (Å²) in [7, 11) is 1.65. The molecule has 5 aromatic rings. The van der Waals surface area contributed by atoms with E-state index in [1.165, 1.54) is 10.8 Å². The van der Waals surface area contributed by atoms with Gasteiger partial charge in [-0.05, 0) is 54.2 Å². The summed E-state index contributed by atoms with van der Waals surface area (Å²) in [6.45, 7) is 0.543. The van der Waals surface area contributed by atoms with Crippen molar-refractivity contribution >= 4 is 40.2 Å². The normalized spacial score (nSPS) is 11.6. The van der Waals surface area contributed by atoms with E-state index in [2.05, 4.69) is 68.4 Å². The van der Waals surface area contributed by atoms with E-state index in [9.17, 15) is 0 Å². The first-order valence-electron chi connectivity index (χ1n) is 9.55. The van der Waals surface area contributed by atoms with Gasteiger partial charge in [0.2, 0.25) is 4.77 Å². The number of aromatic nitrogens is 4. The lowest BCUT2D eigenvalue weighted by Crippen LogP contribution is -2.06. The second-order valence-corrected chi connectivity index (χ2v) is 7.28. The van der Waals surface area contributed by atoms with Crippen LogP contribution in [0, 0.1) is 4.77 Å². The predicted molar refractivity (Wildman–Crippen MR) is 122 cm³/mol. The number of nitrogens with one attached hydrogen (secondary N) is 1. The van der Waals surface area contributed by atoms with Crippen LogP contribution in [0.15, 0.2) is 77.9 Å². The number of para-hydroxylation sites is 2. The van der Waals surface area contributed by atoms with Gasteiger partial charge in [0.25, 0.3) is 0 Å². The predicted octanol–water partition coefficient (Wildman–Crippen LogP) is 4.99. The Morgan fingerprint density at radius 3 is 2.23 bits per heavy atom. The lowest BCUT2D eigenvalue weighted by molar-refractivity contribution is 0.415. The Morgan fingerprint density at radius 1 is 0.967 bits per heavy atom. The molecule has 0 fully saturated rings. The number of methoxy groups -OCH3 is 1. The Balaban J connectivity index is 1.55. The van der Waals surface area contributed by atoms with Crippen molar-refractivity contribution in [2.24, 2.45) is 5.10 Å². The first-order valence-corrected chi connectivity index (χ1v) is 9.96. The molecular weight excluding hydrogens is 394 g/mol. The van der Waals surface area contributed by atoms with Crippen molar-refractivity contribution in [3.05, 3.63) is 89.0 Å². The molecule has 6 nitrogen and oxygen atoms in total. The third-order valence-corrected chi connectivity index (χ3v) is 5.40. The summed E-state index contributed by atoms with van der Waals surface area (Å²) in [5, 5.41) is 14.3. The molecule has 1 N–H and O–H groups in total. The Bertz CT molecular complexity index is 1370. The maximum Gasteiger partial charge on any atom is 0.216 e. The molecule has 30 heavy (non-hydrogen) atoms. The summed E-state index contributed by atoms with van der Waals surface area (Å²) in [6, 6.07) is 24.5. The highest BCUT2D eigenvalue weighted by Gasteiger charge is 2.13. The molecule has 0 saturated carbocycles. The van der Waals surface area contributed by atoms with E-state index < -0.39 is 0 Å². The van der Waals surface area contributed by atoms with Crippen LogP contribution in [0.5, 0.6) is 5.75 Å². The topological polar surface area (TPSA) is 60.1 Å². The van der Waals surface area contributed by atoms with Crippen LogP contribution in [0.1, 0.15) is 11.4 Å². The van der Waals surface area contributed by atoms with Gasteiger partial charge in [-0.1, -0.05) is 36.4 Å². The fourth-order valence-electron chi connectivity index (χ4n) is 3.68. The highest BCUT2D eigenvalue weighted by Crippen LogP contribution is 2.29. The monoisotopic (exact) mass is 413 g/mol. The van der Waals surface area contributed by atoms with Gasteiger partial charge in [0, 0.05) is 21.8 Å². The second kappa shape index (κ2) is 7.61. The maximum atomic E-state index is 5.42. The van der Waals surface area contributed by atoms with Gasteiger partial charge in [0.1, 0.15) is 5.75 Å². The molecule has 0 amide bonds. The van der Waals surface area contributed by atoms with E-state index in [0.29, 0.717) is 11.3 Å². The molecule has 0 aliphatic carbocycles. The van der Waals surface area contributed by atoms with Crippen molar-refractivity contribution in [1.82, 2.24) is 19.4 Å². The molecule has 7 heteroatoms. The van der Waals surface area contributed by atoms with Gasteiger partial charge in [0.15, 0.2) is 5.82 Å². The average molecular weight is 414 g/mol. The van der Waals surface area contributed by atoms with E-state index in [1.54, 1.807) is 18.0 Å². The van der Waals surface area contributed by atoms with Crippen LogP contribution < -0.4 is 4.74 Å². The van der Waals surface area contributed by atoms with E-state index in [-0.39, 0.29) is 0 Å². The molecule has 0 atom stereocenters. The Kier molecular flexibility index (Phi) is 4.65. The zero-order chi connectivity index (χ0) is 20.5. The third-order valence-electron chi connectivity index (χ3n) is 5.13. The number of hydrogen-bond acceptors (Lipinski definition) is 4. The zero-order valence-corrected chi connectivity index (χ0v) is 17.1. The molecule has 2 aromatic heterocycles. The number of H-pyrrole nitrogens is 1. The SMILES string of the molecule is COc1ccc(/C=N/n2c(Cn3c4ccccc4c4ccccc43)n[nH]c2=S)cc1. The van der Waals surface area contributed by atoms with Crippen molar-refractivity contribution < 1.29 is 4.74 Å². The van der Waals surface area contributed by atoms with Crippen LogP contribution in [0.3, 0.4) is 0 Å². The number of rotatable bonds is 5. The van der Waals surface area contributed by atoms with Crippen LogP contribution in [0.2, 0.25) is 0 Å². The van der Waals surface area contributed by atoms with Gasteiger partial charge >= 0.3 is 0 Å². The van der Waals surface area contributed by atoms with E-state index >= 15 is 0 Å². The van der Waals surface area contributed by atoms with Gasteiger partial charge in [-0.15, -0.1) is 0 Å². The standard InChI is InChI=1S/C23H19N5OS/c1-29-17-12-10-16(11-13-17)14-24-28-22(25-26-23(28)30)15-27-20-8-4-2-6-18(20)19-7-3-5-9-21(19)27/h2-14H,15H2,1H3,(H,26,30)/b24-14+. The van der Waals surface area contributed by atoms with Crippen molar-refractivity contribution in [3.8, 4) is 5.75 Å². The van der Waals surface area contributed by atoms with Crippen LogP contribution in [0.4, 0.5) is 0 Å². The smallest absolute Gasteiger partial charge is 0.216 e. The molecule has 0 unspecified atom stereocenters. The van der Waals surface area contributed by atoms with Gasteiger partial charge in [-0.25, -0.2) is 0 Å². The van der Waals surface area contributed by atoms with Crippen molar-refractivity contribution in [2.45, 2.75) is 6.54 Å². The minimum atomic E-state index is 0.454. The largest absolute Gasteiger partial charge is 0.497 e. The molecule has 148 valence electrons. The summed E-state index contributed by atoms with van der Waals surface area (Å²) in [5.41, 5.74) is 3.25. The molecule has 0 aliphatic rings. The number of fused-ring (bicyclic) bond motifs is 3. The van der Waals surface area contributed by atoms with Crippen LogP contribution in [0.25, 0.3) is 21.8 Å². The maximum absolute atomic E-state index is 5.42. The van der Waals surface area contributed by atoms with E-state index in [4.69, 9.17) is 17.0 Å². The minimum Gasteiger partial charge on any atom is -0.497 e. The summed E-state index contributed by atoms with van der Waals surface area (Å²) >= 11 is 5.42. The number of aromatic amines is 1. The molecule has 0 spiro atoms. The Labute approximate surface area is 178 Å². The van der Waals surface area contributed by atoms with Gasteiger partial charge in [-0.3, -0.25) is 5.10 Å². The van der Waals surface area contributed by atoms with Gasteiger partial charge < -0.3 is 9.30 Å². The highest BCUT2D eigenvalue weighted by atomic mass is 32.1. The number of nitrogens with zero attached hydrogens (tertiary/aromatic N) is 4. The molecular formula is C23H19N5OS. The van der Waals surface area contributed by atoms with Crippen LogP contribution >= 0.6 is 12.2 Å². The summed E-state index contributed by atoms with van der Waals surface area (Å²) in [5.74, 6) is 1.54. The molecule has 3 aromatic carbocycles. The first-order chi connectivity index (χ1) is 14.7. The van der Waals surface area contributed by atoms with E-state index in [0.717, 1.165) is 28.2 Å². The average Bonchev–Trinajstić information content (AvgIpc) is 3.31. The lowest BCUT2D eigenvalue weighted by atomic mass is 10.2. The molecule has 5 rings (SSSR count). The lowest BCUT2D eigenvalue weighted by Gasteiger charge is -2.07. The highest BCUT2D eigenvalue weighted by molar-refractivity contribution is 7.71. The van der Waals surface area contributed by atoms with Crippen molar-refractivity contribution in [3.63, 3.8) is 0 Å². The Hall–Kier alpha value is -3.71. The number of hydrogen-bond donors (Lipinski definition) is 1. The van der Waals surface area contributed by atoms with Crippen molar-refractivity contribution in [1.29, 1.82) is 0 Å². The third kappa shape index (κ3) is 3.19. The van der Waals surface area contributed by atoms with Crippen molar-refractivity contribution in [2.75, 3.05) is 7.11 Å². The van der Waals surface area contributed by atoms with Gasteiger partial charge in [-0.2, -0.15) is 14.9 Å². The minimum absolute atomic E-state index is 0.454. The second-order valence-electron chi connectivity index (χ2n) is 6.89. The quantitative estimate of drug-likeness (QED) is 0.326. The van der Waals surface area contributed by atoms with Crippen LogP contribution in [-0.4, -0.2) is 32.8 Å². The number of benzene rings is 3. The van der Waals surface area contributed by atoms with Crippen LogP contribution in [-0.2, 0) is 6.54 Å². The molecule has 0 radical (unpaired) electrons. The summed E-state index contributed by atoms with van der Waals surface area (Å²) in [4.78, 5) is 0. The van der Waals surface area contributed by atoms with E-state index in [1.807, 2.05) is 24.3 Å². The molecule has 0 aliphatic heterocycles.